The van der Waals surface area contributed by atoms with Crippen LogP contribution in [0.15, 0.2) is 24.3 Å². The van der Waals surface area contributed by atoms with Crippen molar-refractivity contribution in [2.45, 2.75) is 24.9 Å². The lowest BCUT2D eigenvalue weighted by Gasteiger charge is -2.33. The van der Waals surface area contributed by atoms with Crippen molar-refractivity contribution in [2.75, 3.05) is 32.9 Å². The summed E-state index contributed by atoms with van der Waals surface area (Å²) >= 11 is 0. The molecule has 1 amide bonds. The molecule has 1 aliphatic heterocycles. The zero-order chi connectivity index (χ0) is 18.4. The lowest BCUT2D eigenvalue weighted by molar-refractivity contribution is -0.172. The number of carbonyl (C=O) groups excluding carboxylic acids is 1. The van der Waals surface area contributed by atoms with Crippen molar-refractivity contribution >= 4 is 5.91 Å². The molecule has 0 saturated carbocycles. The molecule has 0 spiro atoms. The summed E-state index contributed by atoms with van der Waals surface area (Å²) in [5.41, 5.74) is 0.701. The van der Waals surface area contributed by atoms with E-state index >= 15 is 0 Å². The first kappa shape index (κ1) is 19.6. The summed E-state index contributed by atoms with van der Waals surface area (Å²) in [5.74, 6) is -5.25. The number of amides is 1. The van der Waals surface area contributed by atoms with Crippen LogP contribution in [-0.4, -0.2) is 62.2 Å². The number of hydrogen-bond acceptors (Lipinski definition) is 3. The third-order valence-corrected chi connectivity index (χ3v) is 3.68. The summed E-state index contributed by atoms with van der Waals surface area (Å²) in [6.45, 7) is -1.57. The second-order valence-electron chi connectivity index (χ2n) is 5.72. The molecule has 1 aromatic rings. The van der Waals surface area contributed by atoms with E-state index in [1.807, 2.05) is 0 Å². The molecule has 0 radical (unpaired) electrons. The summed E-state index contributed by atoms with van der Waals surface area (Å²) in [7, 11) is 0. The molecule has 140 valence electrons. The van der Waals surface area contributed by atoms with Crippen LogP contribution in [0.2, 0.25) is 0 Å². The van der Waals surface area contributed by atoms with Crippen molar-refractivity contribution in [3.05, 3.63) is 35.6 Å². The molecule has 0 unspecified atom stereocenters. The zero-order valence-corrected chi connectivity index (χ0v) is 13.3. The average molecular weight is 367 g/mol. The highest BCUT2D eigenvalue weighted by molar-refractivity contribution is 5.77. The normalized spacial score (nSPS) is 18.6. The Morgan fingerprint density at radius 1 is 1.40 bits per heavy atom. The lowest BCUT2D eigenvalue weighted by atomic mass is 10.1. The molecule has 25 heavy (non-hydrogen) atoms. The Labute approximate surface area is 141 Å². The topological polar surface area (TPSA) is 38.8 Å². The first-order chi connectivity index (χ1) is 11.8. The molecule has 0 N–H and O–H groups in total. The van der Waals surface area contributed by atoms with Gasteiger partial charge in [-0.1, -0.05) is 12.1 Å². The van der Waals surface area contributed by atoms with E-state index in [0.717, 1.165) is 0 Å². The smallest absolute Gasteiger partial charge is 0.330 e. The predicted molar refractivity (Wildman–Crippen MR) is 78.2 cm³/mol. The number of morpholine rings is 1. The summed E-state index contributed by atoms with van der Waals surface area (Å²) in [4.78, 5) is 13.3. The minimum atomic E-state index is -4.29. The Morgan fingerprint density at radius 3 is 2.84 bits per heavy atom. The van der Waals surface area contributed by atoms with Crippen molar-refractivity contribution in [1.29, 1.82) is 0 Å². The van der Waals surface area contributed by atoms with Gasteiger partial charge in [0, 0.05) is 19.5 Å². The third kappa shape index (κ3) is 5.93. The van der Waals surface area contributed by atoms with Crippen LogP contribution in [0, 0.1) is 5.82 Å². The fraction of sp³-hybridized carbons (Fsp3) is 0.562. The summed E-state index contributed by atoms with van der Waals surface area (Å²) < 4.78 is 72.6. The number of ether oxygens (including phenoxy) is 2. The van der Waals surface area contributed by atoms with E-state index in [1.54, 1.807) is 12.1 Å². The van der Waals surface area contributed by atoms with E-state index in [9.17, 15) is 26.7 Å². The standard InChI is InChI=1S/C16H18F5NO3/c17-12-3-1-2-11(6-12)7-13-8-22(4-5-25-13)14(23)9-24-10-16(20,21)15(18)19/h1-3,6,13,15H,4-5,7-10H2/t13-/m0/s1. The highest BCUT2D eigenvalue weighted by atomic mass is 19.3. The van der Waals surface area contributed by atoms with E-state index in [4.69, 9.17) is 4.74 Å². The monoisotopic (exact) mass is 367 g/mol. The minimum Gasteiger partial charge on any atom is -0.374 e. The number of nitrogens with zero attached hydrogens (tertiary/aromatic N) is 1. The molecular formula is C16H18F5NO3. The van der Waals surface area contributed by atoms with Gasteiger partial charge in [0.15, 0.2) is 0 Å². The lowest BCUT2D eigenvalue weighted by Crippen LogP contribution is -2.48. The van der Waals surface area contributed by atoms with Crippen LogP contribution in [-0.2, 0) is 20.7 Å². The second kappa shape index (κ2) is 8.57. The molecule has 4 nitrogen and oxygen atoms in total. The first-order valence-electron chi connectivity index (χ1n) is 7.65. The van der Waals surface area contributed by atoms with Crippen molar-refractivity contribution < 1.29 is 36.2 Å². The van der Waals surface area contributed by atoms with E-state index in [1.165, 1.54) is 17.0 Å². The van der Waals surface area contributed by atoms with Gasteiger partial charge in [-0.25, -0.2) is 13.2 Å². The first-order valence-corrected chi connectivity index (χ1v) is 7.65. The molecule has 1 heterocycles. The molecule has 1 fully saturated rings. The van der Waals surface area contributed by atoms with Gasteiger partial charge in [-0.05, 0) is 17.7 Å². The van der Waals surface area contributed by atoms with Gasteiger partial charge in [0.25, 0.3) is 0 Å². The third-order valence-electron chi connectivity index (χ3n) is 3.68. The molecule has 9 heteroatoms. The Bertz CT molecular complexity index is 585. The maximum atomic E-state index is 13.2. The predicted octanol–water partition coefficient (Wildman–Crippen LogP) is 2.51. The van der Waals surface area contributed by atoms with Gasteiger partial charge in [-0.3, -0.25) is 4.79 Å². The van der Waals surface area contributed by atoms with E-state index in [-0.39, 0.29) is 31.6 Å². The van der Waals surface area contributed by atoms with Crippen molar-refractivity contribution in [3.63, 3.8) is 0 Å². The van der Waals surface area contributed by atoms with Crippen LogP contribution in [0.1, 0.15) is 5.56 Å². The summed E-state index contributed by atoms with van der Waals surface area (Å²) in [5, 5.41) is 0. The quantitative estimate of drug-likeness (QED) is 0.696. The largest absolute Gasteiger partial charge is 0.374 e. The van der Waals surface area contributed by atoms with E-state index in [0.29, 0.717) is 12.0 Å². The molecule has 1 aromatic carbocycles. The molecule has 2 rings (SSSR count). The van der Waals surface area contributed by atoms with Gasteiger partial charge < -0.3 is 14.4 Å². The van der Waals surface area contributed by atoms with Crippen LogP contribution >= 0.6 is 0 Å². The van der Waals surface area contributed by atoms with Gasteiger partial charge in [0.2, 0.25) is 5.91 Å². The number of alkyl halides is 4. The van der Waals surface area contributed by atoms with Crippen LogP contribution in [0.25, 0.3) is 0 Å². The Kier molecular flexibility index (Phi) is 6.71. The Morgan fingerprint density at radius 2 is 2.16 bits per heavy atom. The van der Waals surface area contributed by atoms with E-state index in [2.05, 4.69) is 4.74 Å². The molecular weight excluding hydrogens is 349 g/mol. The Balaban J connectivity index is 1.80. The van der Waals surface area contributed by atoms with Crippen molar-refractivity contribution in [2.24, 2.45) is 0 Å². The minimum absolute atomic E-state index is 0.184. The molecule has 0 bridgehead atoms. The summed E-state index contributed by atoms with van der Waals surface area (Å²) in [6, 6.07) is 5.96. The van der Waals surface area contributed by atoms with Gasteiger partial charge in [0.1, 0.15) is 19.0 Å². The van der Waals surface area contributed by atoms with Gasteiger partial charge in [0.05, 0.1) is 12.7 Å². The number of rotatable bonds is 7. The number of carbonyl (C=O) groups is 1. The molecule has 0 aromatic heterocycles. The fourth-order valence-corrected chi connectivity index (χ4v) is 2.42. The fourth-order valence-electron chi connectivity index (χ4n) is 2.42. The Hall–Kier alpha value is -1.74. The zero-order valence-electron chi connectivity index (χ0n) is 13.3. The van der Waals surface area contributed by atoms with Crippen LogP contribution in [0.3, 0.4) is 0 Å². The second-order valence-corrected chi connectivity index (χ2v) is 5.72. The highest BCUT2D eigenvalue weighted by Crippen LogP contribution is 2.22. The SMILES string of the molecule is O=C(COCC(F)(F)C(F)F)N1CCO[C@@H](Cc2cccc(F)c2)C1. The van der Waals surface area contributed by atoms with Crippen LogP contribution in [0.4, 0.5) is 22.0 Å². The maximum Gasteiger partial charge on any atom is 0.330 e. The van der Waals surface area contributed by atoms with Crippen LogP contribution in [0.5, 0.6) is 0 Å². The van der Waals surface area contributed by atoms with Crippen LogP contribution < -0.4 is 0 Å². The average Bonchev–Trinajstić information content (AvgIpc) is 2.54. The van der Waals surface area contributed by atoms with Gasteiger partial charge in [-0.2, -0.15) is 8.78 Å². The van der Waals surface area contributed by atoms with Crippen molar-refractivity contribution in [3.8, 4) is 0 Å². The highest BCUT2D eigenvalue weighted by Gasteiger charge is 2.41. The van der Waals surface area contributed by atoms with Gasteiger partial charge >= 0.3 is 12.3 Å². The molecule has 1 aliphatic rings. The van der Waals surface area contributed by atoms with Gasteiger partial charge in [-0.15, -0.1) is 0 Å². The number of hydrogen-bond donors (Lipinski definition) is 0. The van der Waals surface area contributed by atoms with Crippen molar-refractivity contribution in [1.82, 2.24) is 4.90 Å². The number of benzene rings is 1. The number of halogens is 5. The molecule has 0 aliphatic carbocycles. The molecule has 1 atom stereocenters. The van der Waals surface area contributed by atoms with E-state index < -0.39 is 31.5 Å². The summed E-state index contributed by atoms with van der Waals surface area (Å²) in [6.07, 6.45) is -3.84. The maximum absolute atomic E-state index is 13.2. The molecule has 1 saturated heterocycles.